The lowest BCUT2D eigenvalue weighted by Gasteiger charge is -2.29. The molecule has 2 rings (SSSR count). The fourth-order valence-corrected chi connectivity index (χ4v) is 3.87. The zero-order valence-corrected chi connectivity index (χ0v) is 13.1. The molecule has 2 unspecified atom stereocenters. The van der Waals surface area contributed by atoms with Crippen molar-refractivity contribution in [2.45, 2.75) is 58.4 Å². The predicted octanol–water partition coefficient (Wildman–Crippen LogP) is 2.44. The summed E-state index contributed by atoms with van der Waals surface area (Å²) in [5.41, 5.74) is -0.477. The highest BCUT2D eigenvalue weighted by Crippen LogP contribution is 2.36. The van der Waals surface area contributed by atoms with E-state index in [0.29, 0.717) is 6.04 Å². The van der Waals surface area contributed by atoms with Crippen molar-refractivity contribution in [3.8, 4) is 0 Å². The van der Waals surface area contributed by atoms with Gasteiger partial charge in [-0.25, -0.2) is 0 Å². The van der Waals surface area contributed by atoms with Gasteiger partial charge in [-0.1, -0.05) is 13.8 Å². The van der Waals surface area contributed by atoms with Crippen LogP contribution in [0.15, 0.2) is 0 Å². The second kappa shape index (κ2) is 6.90. The predicted molar refractivity (Wildman–Crippen MR) is 80.9 cm³/mol. The first-order valence-corrected chi connectivity index (χ1v) is 8.31. The Morgan fingerprint density at radius 1 is 1.25 bits per heavy atom. The van der Waals surface area contributed by atoms with Crippen LogP contribution in [0.1, 0.15) is 52.4 Å². The zero-order valence-electron chi connectivity index (χ0n) is 13.1. The number of aliphatic carboxylic acids is 1. The van der Waals surface area contributed by atoms with E-state index in [9.17, 15) is 9.90 Å². The number of carboxylic acids is 1. The van der Waals surface area contributed by atoms with E-state index in [1.165, 1.54) is 45.3 Å². The maximum atomic E-state index is 11.6. The van der Waals surface area contributed by atoms with E-state index in [1.807, 2.05) is 6.92 Å². The van der Waals surface area contributed by atoms with Crippen molar-refractivity contribution in [2.24, 2.45) is 5.41 Å². The third-order valence-corrected chi connectivity index (χ3v) is 5.36. The molecule has 0 aliphatic carbocycles. The first-order valence-electron chi connectivity index (χ1n) is 8.31. The van der Waals surface area contributed by atoms with Crippen LogP contribution in [-0.4, -0.2) is 59.6 Å². The molecular weight excluding hydrogens is 252 g/mol. The molecule has 0 saturated carbocycles. The maximum Gasteiger partial charge on any atom is 0.310 e. The lowest BCUT2D eigenvalue weighted by Crippen LogP contribution is -2.39. The van der Waals surface area contributed by atoms with Crippen molar-refractivity contribution in [1.82, 2.24) is 9.80 Å². The molecule has 2 fully saturated rings. The van der Waals surface area contributed by atoms with Crippen LogP contribution in [0.2, 0.25) is 0 Å². The number of carbonyl (C=O) groups is 1. The molecule has 2 aliphatic heterocycles. The minimum atomic E-state index is -0.594. The Morgan fingerprint density at radius 3 is 2.65 bits per heavy atom. The molecular formula is C16H30N2O2. The standard InChI is InChI=1S/C16H30N2O2/c1-3-9-17-10-5-6-14(7-11-17)18-12-8-16(4-2,13-18)15(19)20/h14H,3-13H2,1-2H3,(H,19,20). The molecule has 0 spiro atoms. The van der Waals surface area contributed by atoms with Crippen LogP contribution < -0.4 is 0 Å². The van der Waals surface area contributed by atoms with Crippen LogP contribution in [0.5, 0.6) is 0 Å². The number of likely N-dealkylation sites (tertiary alicyclic amines) is 2. The fourth-order valence-electron chi connectivity index (χ4n) is 3.87. The van der Waals surface area contributed by atoms with Crippen LogP contribution in [0, 0.1) is 5.41 Å². The number of rotatable bonds is 5. The summed E-state index contributed by atoms with van der Waals surface area (Å²) < 4.78 is 0. The lowest BCUT2D eigenvalue weighted by atomic mass is 9.84. The SMILES string of the molecule is CCCN1CCCC(N2CCC(CC)(C(=O)O)C2)CC1. The monoisotopic (exact) mass is 282 g/mol. The molecule has 2 atom stereocenters. The number of carboxylic acid groups (broad SMARTS) is 1. The van der Waals surface area contributed by atoms with E-state index in [0.717, 1.165) is 25.9 Å². The van der Waals surface area contributed by atoms with Gasteiger partial charge in [-0.15, -0.1) is 0 Å². The van der Waals surface area contributed by atoms with Gasteiger partial charge in [0.2, 0.25) is 0 Å². The van der Waals surface area contributed by atoms with E-state index >= 15 is 0 Å². The topological polar surface area (TPSA) is 43.8 Å². The summed E-state index contributed by atoms with van der Waals surface area (Å²) >= 11 is 0. The van der Waals surface area contributed by atoms with Crippen molar-refractivity contribution in [3.05, 3.63) is 0 Å². The van der Waals surface area contributed by atoms with Crippen LogP contribution in [0.4, 0.5) is 0 Å². The van der Waals surface area contributed by atoms with Crippen molar-refractivity contribution >= 4 is 5.97 Å². The summed E-state index contributed by atoms with van der Waals surface area (Å²) in [6, 6.07) is 0.602. The summed E-state index contributed by atoms with van der Waals surface area (Å²) in [6.45, 7) is 9.60. The van der Waals surface area contributed by atoms with Gasteiger partial charge in [-0.3, -0.25) is 9.69 Å². The fraction of sp³-hybridized carbons (Fsp3) is 0.938. The van der Waals surface area contributed by atoms with Gasteiger partial charge in [0.15, 0.2) is 0 Å². The molecule has 2 aliphatic rings. The first kappa shape index (κ1) is 15.8. The average molecular weight is 282 g/mol. The minimum absolute atomic E-state index is 0.477. The van der Waals surface area contributed by atoms with Crippen molar-refractivity contribution < 1.29 is 9.90 Å². The van der Waals surface area contributed by atoms with Gasteiger partial charge in [-0.05, 0) is 64.7 Å². The Hall–Kier alpha value is -0.610. The maximum absolute atomic E-state index is 11.6. The smallest absolute Gasteiger partial charge is 0.310 e. The van der Waals surface area contributed by atoms with Crippen molar-refractivity contribution in [3.63, 3.8) is 0 Å². The second-order valence-corrected chi connectivity index (χ2v) is 6.59. The van der Waals surface area contributed by atoms with Gasteiger partial charge in [-0.2, -0.15) is 0 Å². The van der Waals surface area contributed by atoms with Crippen molar-refractivity contribution in [1.29, 1.82) is 0 Å². The highest BCUT2D eigenvalue weighted by atomic mass is 16.4. The summed E-state index contributed by atoms with van der Waals surface area (Å²) in [5.74, 6) is -0.594. The van der Waals surface area contributed by atoms with Gasteiger partial charge in [0.1, 0.15) is 0 Å². The molecule has 1 N–H and O–H groups in total. The second-order valence-electron chi connectivity index (χ2n) is 6.59. The third kappa shape index (κ3) is 3.34. The van der Waals surface area contributed by atoms with Crippen LogP contribution in [0.3, 0.4) is 0 Å². The van der Waals surface area contributed by atoms with Gasteiger partial charge in [0.05, 0.1) is 5.41 Å². The quantitative estimate of drug-likeness (QED) is 0.841. The Kier molecular flexibility index (Phi) is 5.44. The van der Waals surface area contributed by atoms with Gasteiger partial charge >= 0.3 is 5.97 Å². The van der Waals surface area contributed by atoms with Gasteiger partial charge in [0.25, 0.3) is 0 Å². The molecule has 0 aromatic carbocycles. The van der Waals surface area contributed by atoms with E-state index in [2.05, 4.69) is 16.7 Å². The highest BCUT2D eigenvalue weighted by Gasteiger charge is 2.44. The number of nitrogens with zero attached hydrogens (tertiary/aromatic N) is 2. The van der Waals surface area contributed by atoms with Crippen molar-refractivity contribution in [2.75, 3.05) is 32.7 Å². The summed E-state index contributed by atoms with van der Waals surface area (Å²) in [4.78, 5) is 16.6. The molecule has 116 valence electrons. The molecule has 20 heavy (non-hydrogen) atoms. The largest absolute Gasteiger partial charge is 0.481 e. The van der Waals surface area contributed by atoms with E-state index in [1.54, 1.807) is 0 Å². The Balaban J connectivity index is 1.91. The van der Waals surface area contributed by atoms with E-state index in [4.69, 9.17) is 0 Å². The van der Waals surface area contributed by atoms with E-state index in [-0.39, 0.29) is 0 Å². The molecule has 2 heterocycles. The van der Waals surface area contributed by atoms with Crippen LogP contribution in [-0.2, 0) is 4.79 Å². The van der Waals surface area contributed by atoms with Gasteiger partial charge in [0, 0.05) is 12.6 Å². The normalized spacial score (nSPS) is 33.2. The summed E-state index contributed by atoms with van der Waals surface area (Å²) in [7, 11) is 0. The third-order valence-electron chi connectivity index (χ3n) is 5.36. The molecule has 0 bridgehead atoms. The Bertz CT molecular complexity index is 334. The molecule has 0 aromatic heterocycles. The molecule has 0 amide bonds. The molecule has 0 aromatic rings. The van der Waals surface area contributed by atoms with Crippen LogP contribution >= 0.6 is 0 Å². The molecule has 4 heteroatoms. The Labute approximate surface area is 123 Å². The summed E-state index contributed by atoms with van der Waals surface area (Å²) in [5, 5.41) is 9.51. The molecule has 2 saturated heterocycles. The van der Waals surface area contributed by atoms with Crippen LogP contribution in [0.25, 0.3) is 0 Å². The number of hydrogen-bond donors (Lipinski definition) is 1. The summed E-state index contributed by atoms with van der Waals surface area (Å²) in [6.07, 6.45) is 6.51. The zero-order chi connectivity index (χ0) is 14.6. The van der Waals surface area contributed by atoms with Gasteiger partial charge < -0.3 is 10.0 Å². The average Bonchev–Trinajstić information content (AvgIpc) is 2.75. The molecule has 4 nitrogen and oxygen atoms in total. The molecule has 0 radical (unpaired) electrons. The Morgan fingerprint density at radius 2 is 2.05 bits per heavy atom. The minimum Gasteiger partial charge on any atom is -0.481 e. The number of hydrogen-bond acceptors (Lipinski definition) is 3. The lowest BCUT2D eigenvalue weighted by molar-refractivity contribution is -0.148. The van der Waals surface area contributed by atoms with E-state index < -0.39 is 11.4 Å². The highest BCUT2D eigenvalue weighted by molar-refractivity contribution is 5.75. The first-order chi connectivity index (χ1) is 9.61.